The van der Waals surface area contributed by atoms with Crippen LogP contribution in [0.2, 0.25) is 0 Å². The molecule has 0 spiro atoms. The lowest BCUT2D eigenvalue weighted by Crippen LogP contribution is -2.21. The Balaban J connectivity index is 1.87. The molecule has 1 amide bonds. The van der Waals surface area contributed by atoms with Gasteiger partial charge in [-0.15, -0.1) is 11.3 Å². The second-order valence-electron chi connectivity index (χ2n) is 4.89. The van der Waals surface area contributed by atoms with Gasteiger partial charge in [0, 0.05) is 7.11 Å². The third kappa shape index (κ3) is 2.60. The van der Waals surface area contributed by atoms with Gasteiger partial charge in [0.25, 0.3) is 5.91 Å². The minimum absolute atomic E-state index is 0.126. The summed E-state index contributed by atoms with van der Waals surface area (Å²) in [7, 11) is 1.62. The standard InChI is InChI=1S/C15H16N4O2S/c1-9-13(22-15(17-9)10(2)21-3)14(20)18-19-8-16-11-6-4-5-7-12(11)19/h4-8,10H,1-3H3,(H,18,20)/t10-/m0/s1. The average molecular weight is 316 g/mol. The number of benzene rings is 1. The fourth-order valence-corrected chi connectivity index (χ4v) is 3.10. The number of hydrogen-bond acceptors (Lipinski definition) is 5. The third-order valence-electron chi connectivity index (χ3n) is 3.40. The van der Waals surface area contributed by atoms with Gasteiger partial charge in [0.15, 0.2) is 0 Å². The van der Waals surface area contributed by atoms with E-state index in [0.717, 1.165) is 16.0 Å². The Morgan fingerprint density at radius 1 is 1.41 bits per heavy atom. The molecule has 0 bridgehead atoms. The van der Waals surface area contributed by atoms with Crippen LogP contribution in [-0.4, -0.2) is 27.7 Å². The topological polar surface area (TPSA) is 69.0 Å². The van der Waals surface area contributed by atoms with E-state index in [1.807, 2.05) is 38.1 Å². The number of thiazole rings is 1. The van der Waals surface area contributed by atoms with Gasteiger partial charge in [-0.3, -0.25) is 10.2 Å². The number of rotatable bonds is 4. The summed E-state index contributed by atoms with van der Waals surface area (Å²) in [4.78, 5) is 21.7. The van der Waals surface area contributed by atoms with Gasteiger partial charge in [-0.25, -0.2) is 14.6 Å². The highest BCUT2D eigenvalue weighted by atomic mass is 32.1. The summed E-state index contributed by atoms with van der Waals surface area (Å²) >= 11 is 1.35. The third-order valence-corrected chi connectivity index (χ3v) is 4.71. The van der Waals surface area contributed by atoms with E-state index in [2.05, 4.69) is 15.4 Å². The van der Waals surface area contributed by atoms with Crippen molar-refractivity contribution in [2.75, 3.05) is 12.5 Å². The number of hydrogen-bond donors (Lipinski definition) is 1. The Morgan fingerprint density at radius 3 is 2.95 bits per heavy atom. The normalized spacial score (nSPS) is 12.5. The van der Waals surface area contributed by atoms with Crippen LogP contribution in [-0.2, 0) is 4.74 Å². The van der Waals surface area contributed by atoms with Crippen molar-refractivity contribution in [3.63, 3.8) is 0 Å². The summed E-state index contributed by atoms with van der Waals surface area (Å²) in [6.45, 7) is 3.73. The molecule has 3 rings (SSSR count). The van der Waals surface area contributed by atoms with Crippen molar-refractivity contribution >= 4 is 28.3 Å². The number of aromatic nitrogens is 3. The van der Waals surface area contributed by atoms with Crippen LogP contribution in [0.1, 0.15) is 33.4 Å². The molecule has 1 aromatic carbocycles. The van der Waals surface area contributed by atoms with Gasteiger partial charge < -0.3 is 4.74 Å². The number of methoxy groups -OCH3 is 1. The summed E-state index contributed by atoms with van der Waals surface area (Å²) < 4.78 is 6.87. The number of carbonyl (C=O) groups excluding carboxylic acids is 1. The maximum Gasteiger partial charge on any atom is 0.282 e. The molecule has 3 aromatic rings. The summed E-state index contributed by atoms with van der Waals surface area (Å²) in [5.74, 6) is -0.201. The Kier molecular flexibility index (Phi) is 3.91. The Morgan fingerprint density at radius 2 is 2.18 bits per heavy atom. The van der Waals surface area contributed by atoms with Crippen LogP contribution in [0.4, 0.5) is 0 Å². The molecule has 114 valence electrons. The number of aryl methyl sites for hydroxylation is 1. The molecule has 0 aliphatic carbocycles. The van der Waals surface area contributed by atoms with Gasteiger partial charge in [-0.1, -0.05) is 12.1 Å². The first-order valence-corrected chi connectivity index (χ1v) is 7.65. The fraction of sp³-hybridized carbons (Fsp3) is 0.267. The number of ether oxygens (including phenoxy) is 1. The van der Waals surface area contributed by atoms with E-state index in [-0.39, 0.29) is 12.0 Å². The molecule has 2 aromatic heterocycles. The number of fused-ring (bicyclic) bond motifs is 1. The smallest absolute Gasteiger partial charge is 0.282 e. The van der Waals surface area contributed by atoms with Crippen LogP contribution in [0.15, 0.2) is 30.6 Å². The molecule has 22 heavy (non-hydrogen) atoms. The van der Waals surface area contributed by atoms with Crippen molar-refractivity contribution in [3.05, 3.63) is 46.2 Å². The van der Waals surface area contributed by atoms with E-state index in [1.165, 1.54) is 11.3 Å². The fourth-order valence-electron chi connectivity index (χ4n) is 2.11. The molecule has 0 aliphatic rings. The molecular weight excluding hydrogens is 300 g/mol. The largest absolute Gasteiger partial charge is 0.375 e. The Bertz CT molecular complexity index is 824. The molecule has 0 saturated heterocycles. The molecule has 1 N–H and O–H groups in total. The second-order valence-corrected chi connectivity index (χ2v) is 5.92. The molecule has 6 nitrogen and oxygen atoms in total. The number of carbonyl (C=O) groups is 1. The van der Waals surface area contributed by atoms with Crippen molar-refractivity contribution < 1.29 is 9.53 Å². The minimum Gasteiger partial charge on any atom is -0.375 e. The van der Waals surface area contributed by atoms with Crippen LogP contribution >= 0.6 is 11.3 Å². The molecule has 0 unspecified atom stereocenters. The van der Waals surface area contributed by atoms with E-state index in [1.54, 1.807) is 18.1 Å². The first-order valence-electron chi connectivity index (χ1n) is 6.83. The van der Waals surface area contributed by atoms with Crippen LogP contribution < -0.4 is 5.43 Å². The lowest BCUT2D eigenvalue weighted by molar-refractivity contribution is 0.101. The van der Waals surface area contributed by atoms with E-state index < -0.39 is 0 Å². The van der Waals surface area contributed by atoms with Gasteiger partial charge in [0.2, 0.25) is 0 Å². The highest BCUT2D eigenvalue weighted by Gasteiger charge is 2.19. The van der Waals surface area contributed by atoms with Gasteiger partial charge in [-0.05, 0) is 26.0 Å². The van der Waals surface area contributed by atoms with Crippen LogP contribution in [0.25, 0.3) is 11.0 Å². The van der Waals surface area contributed by atoms with Crippen LogP contribution in [0, 0.1) is 6.92 Å². The highest BCUT2D eigenvalue weighted by molar-refractivity contribution is 7.14. The maximum atomic E-state index is 12.5. The monoisotopic (exact) mass is 316 g/mol. The van der Waals surface area contributed by atoms with E-state index >= 15 is 0 Å². The lowest BCUT2D eigenvalue weighted by atomic mass is 10.3. The molecule has 0 radical (unpaired) electrons. The molecule has 0 aliphatic heterocycles. The summed E-state index contributed by atoms with van der Waals surface area (Å²) in [5, 5.41) is 0.792. The molecule has 0 fully saturated rings. The molecule has 1 atom stereocenters. The molecule has 2 heterocycles. The summed E-state index contributed by atoms with van der Waals surface area (Å²) in [5.41, 5.74) is 5.22. The van der Waals surface area contributed by atoms with Crippen LogP contribution in [0.3, 0.4) is 0 Å². The van der Waals surface area contributed by atoms with Gasteiger partial charge >= 0.3 is 0 Å². The first kappa shape index (κ1) is 14.7. The summed E-state index contributed by atoms with van der Waals surface area (Å²) in [6.07, 6.45) is 1.47. The van der Waals surface area contributed by atoms with Crippen LogP contribution in [0.5, 0.6) is 0 Å². The Hall–Kier alpha value is -2.25. The van der Waals surface area contributed by atoms with Crippen molar-refractivity contribution in [2.24, 2.45) is 0 Å². The number of amides is 1. The van der Waals surface area contributed by atoms with E-state index in [9.17, 15) is 4.79 Å². The predicted molar refractivity (Wildman–Crippen MR) is 85.7 cm³/mol. The van der Waals surface area contributed by atoms with Crippen molar-refractivity contribution in [1.82, 2.24) is 14.6 Å². The SMILES string of the molecule is CO[C@@H](C)c1nc(C)c(C(=O)Nn2cnc3ccccc32)s1. The highest BCUT2D eigenvalue weighted by Crippen LogP contribution is 2.25. The van der Waals surface area contributed by atoms with Crippen molar-refractivity contribution in [2.45, 2.75) is 20.0 Å². The van der Waals surface area contributed by atoms with Crippen molar-refractivity contribution in [1.29, 1.82) is 0 Å². The number of imidazole rings is 1. The molecule has 0 saturated carbocycles. The number of nitrogens with one attached hydrogen (secondary N) is 1. The van der Waals surface area contributed by atoms with E-state index in [0.29, 0.717) is 10.6 Å². The predicted octanol–water partition coefficient (Wildman–Crippen LogP) is 2.89. The average Bonchev–Trinajstić information content (AvgIpc) is 3.11. The zero-order chi connectivity index (χ0) is 15.7. The number of nitrogens with zero attached hydrogens (tertiary/aromatic N) is 3. The Labute approximate surface area is 131 Å². The quantitative estimate of drug-likeness (QED) is 0.803. The maximum absolute atomic E-state index is 12.5. The van der Waals surface area contributed by atoms with Gasteiger partial charge in [-0.2, -0.15) is 0 Å². The van der Waals surface area contributed by atoms with Gasteiger partial charge in [0.05, 0.1) is 16.7 Å². The zero-order valence-corrected chi connectivity index (χ0v) is 13.3. The second kappa shape index (κ2) is 5.86. The minimum atomic E-state index is -0.201. The number of para-hydroxylation sites is 2. The van der Waals surface area contributed by atoms with Gasteiger partial charge in [0.1, 0.15) is 22.3 Å². The van der Waals surface area contributed by atoms with E-state index in [4.69, 9.17) is 4.74 Å². The first-order chi connectivity index (χ1) is 10.6. The lowest BCUT2D eigenvalue weighted by Gasteiger charge is -2.06. The molecular formula is C15H16N4O2S. The zero-order valence-electron chi connectivity index (χ0n) is 12.5. The molecule has 7 heteroatoms. The van der Waals surface area contributed by atoms with Crippen molar-refractivity contribution in [3.8, 4) is 0 Å². The summed E-state index contributed by atoms with van der Waals surface area (Å²) in [6, 6.07) is 7.62.